The second kappa shape index (κ2) is 7.41. The van der Waals surface area contributed by atoms with Gasteiger partial charge >= 0.3 is 0 Å². The molecule has 0 aliphatic heterocycles. The molecule has 0 unspecified atom stereocenters. The lowest BCUT2D eigenvalue weighted by atomic mass is 10.1. The molecule has 0 spiro atoms. The number of halogens is 1. The van der Waals surface area contributed by atoms with Gasteiger partial charge in [-0.3, -0.25) is 0 Å². The lowest BCUT2D eigenvalue weighted by Crippen LogP contribution is -1.99. The number of hydrogen-bond acceptors (Lipinski definition) is 5. The number of benzene rings is 1. The molecule has 0 amide bonds. The van der Waals surface area contributed by atoms with Crippen LogP contribution in [0.2, 0.25) is 0 Å². The zero-order chi connectivity index (χ0) is 17.6. The van der Waals surface area contributed by atoms with Crippen LogP contribution in [-0.4, -0.2) is 17.1 Å². The summed E-state index contributed by atoms with van der Waals surface area (Å²) in [4.78, 5) is 8.17. The fourth-order valence-corrected chi connectivity index (χ4v) is 2.25. The van der Waals surface area contributed by atoms with E-state index in [0.29, 0.717) is 17.2 Å². The standard InChI is InChI=1S/C19H14FN3O2/c1-24-19-7-2-13(10-23-19)12-25-18-11-22-16(9-21)8-17(18)14-3-5-15(20)6-4-14/h2-8,10-11H,12H2,1H3. The van der Waals surface area contributed by atoms with Crippen molar-refractivity contribution in [3.63, 3.8) is 0 Å². The molecule has 0 N–H and O–H groups in total. The fourth-order valence-electron chi connectivity index (χ4n) is 2.25. The van der Waals surface area contributed by atoms with Gasteiger partial charge in [0.15, 0.2) is 0 Å². The molecule has 2 heterocycles. The van der Waals surface area contributed by atoms with E-state index < -0.39 is 0 Å². The number of methoxy groups -OCH3 is 1. The van der Waals surface area contributed by atoms with E-state index in [1.54, 1.807) is 37.6 Å². The molecule has 0 bridgehead atoms. The predicted octanol–water partition coefficient (Wildman–Crippen LogP) is 3.74. The Kier molecular flexibility index (Phi) is 4.86. The Morgan fingerprint density at radius 1 is 1.08 bits per heavy atom. The van der Waals surface area contributed by atoms with Crippen LogP contribution in [0.4, 0.5) is 4.39 Å². The van der Waals surface area contributed by atoms with Crippen LogP contribution in [0.25, 0.3) is 11.1 Å². The average Bonchev–Trinajstić information content (AvgIpc) is 2.67. The molecule has 0 aliphatic carbocycles. The van der Waals surface area contributed by atoms with E-state index in [0.717, 1.165) is 11.1 Å². The van der Waals surface area contributed by atoms with Crippen molar-refractivity contribution in [2.24, 2.45) is 0 Å². The van der Waals surface area contributed by atoms with Crippen LogP contribution in [0.1, 0.15) is 11.3 Å². The van der Waals surface area contributed by atoms with Crippen molar-refractivity contribution in [2.45, 2.75) is 6.61 Å². The molecule has 3 rings (SSSR count). The van der Waals surface area contributed by atoms with Gasteiger partial charge in [-0.1, -0.05) is 12.1 Å². The average molecular weight is 335 g/mol. The molecule has 3 aromatic rings. The molecule has 0 atom stereocenters. The Morgan fingerprint density at radius 3 is 2.52 bits per heavy atom. The maximum absolute atomic E-state index is 13.2. The molecule has 0 saturated heterocycles. The normalized spacial score (nSPS) is 10.1. The third-order valence-corrected chi connectivity index (χ3v) is 3.54. The summed E-state index contributed by atoms with van der Waals surface area (Å²) in [6.07, 6.45) is 3.15. The van der Waals surface area contributed by atoms with Crippen LogP contribution in [-0.2, 0) is 6.61 Å². The summed E-state index contributed by atoms with van der Waals surface area (Å²) in [5.41, 5.74) is 2.53. The molecular weight excluding hydrogens is 321 g/mol. The van der Waals surface area contributed by atoms with Crippen LogP contribution in [0.3, 0.4) is 0 Å². The molecule has 25 heavy (non-hydrogen) atoms. The van der Waals surface area contributed by atoms with Crippen LogP contribution >= 0.6 is 0 Å². The number of nitriles is 1. The maximum Gasteiger partial charge on any atom is 0.212 e. The Balaban J connectivity index is 1.87. The minimum absolute atomic E-state index is 0.262. The molecule has 1 aromatic carbocycles. The summed E-state index contributed by atoms with van der Waals surface area (Å²) in [7, 11) is 1.55. The van der Waals surface area contributed by atoms with Crippen molar-refractivity contribution in [1.82, 2.24) is 9.97 Å². The van der Waals surface area contributed by atoms with Crippen molar-refractivity contribution in [3.05, 3.63) is 71.9 Å². The zero-order valence-corrected chi connectivity index (χ0v) is 13.4. The summed E-state index contributed by atoms with van der Waals surface area (Å²) in [5.74, 6) is 0.697. The van der Waals surface area contributed by atoms with Gasteiger partial charge in [0.25, 0.3) is 0 Å². The summed E-state index contributed by atoms with van der Waals surface area (Å²) < 4.78 is 24.0. The zero-order valence-electron chi connectivity index (χ0n) is 13.4. The van der Waals surface area contributed by atoms with Gasteiger partial charge in [0.2, 0.25) is 5.88 Å². The molecule has 0 aliphatic rings. The highest BCUT2D eigenvalue weighted by Gasteiger charge is 2.10. The third kappa shape index (κ3) is 3.90. The SMILES string of the molecule is COc1ccc(COc2cnc(C#N)cc2-c2ccc(F)cc2)cn1. The first-order valence-electron chi connectivity index (χ1n) is 7.47. The molecule has 0 radical (unpaired) electrons. The third-order valence-electron chi connectivity index (χ3n) is 3.54. The van der Waals surface area contributed by atoms with Gasteiger partial charge in [0, 0.05) is 23.4 Å². The molecule has 0 saturated carbocycles. The van der Waals surface area contributed by atoms with E-state index in [1.165, 1.54) is 18.3 Å². The van der Waals surface area contributed by atoms with Crippen molar-refractivity contribution in [1.29, 1.82) is 5.26 Å². The van der Waals surface area contributed by atoms with Gasteiger partial charge in [-0.2, -0.15) is 5.26 Å². The summed E-state index contributed by atoms with van der Waals surface area (Å²) in [6, 6.07) is 13.2. The number of ether oxygens (including phenoxy) is 2. The first-order chi connectivity index (χ1) is 12.2. The van der Waals surface area contributed by atoms with Crippen molar-refractivity contribution in [3.8, 4) is 28.8 Å². The van der Waals surface area contributed by atoms with E-state index >= 15 is 0 Å². The largest absolute Gasteiger partial charge is 0.487 e. The smallest absolute Gasteiger partial charge is 0.212 e. The first-order valence-corrected chi connectivity index (χ1v) is 7.47. The number of aromatic nitrogens is 2. The van der Waals surface area contributed by atoms with E-state index in [2.05, 4.69) is 9.97 Å². The highest BCUT2D eigenvalue weighted by molar-refractivity contribution is 5.70. The van der Waals surface area contributed by atoms with E-state index in [9.17, 15) is 4.39 Å². The first kappa shape index (κ1) is 16.4. The van der Waals surface area contributed by atoms with Gasteiger partial charge in [0.1, 0.15) is 29.9 Å². The van der Waals surface area contributed by atoms with Gasteiger partial charge in [-0.05, 0) is 29.8 Å². The quantitative estimate of drug-likeness (QED) is 0.710. The minimum Gasteiger partial charge on any atom is -0.487 e. The van der Waals surface area contributed by atoms with E-state index in [1.807, 2.05) is 12.1 Å². The topological polar surface area (TPSA) is 68.0 Å². The molecule has 5 nitrogen and oxygen atoms in total. The molecular formula is C19H14FN3O2. The van der Waals surface area contributed by atoms with Crippen molar-refractivity contribution in [2.75, 3.05) is 7.11 Å². The number of nitrogens with zero attached hydrogens (tertiary/aromatic N) is 3. The summed E-state index contributed by atoms with van der Waals surface area (Å²) in [5, 5.41) is 9.07. The lowest BCUT2D eigenvalue weighted by Gasteiger charge is -2.12. The van der Waals surface area contributed by atoms with Crippen LogP contribution in [0, 0.1) is 17.1 Å². The number of hydrogen-bond donors (Lipinski definition) is 0. The van der Waals surface area contributed by atoms with Gasteiger partial charge in [0.05, 0.1) is 13.3 Å². The predicted molar refractivity (Wildman–Crippen MR) is 89.5 cm³/mol. The lowest BCUT2D eigenvalue weighted by molar-refractivity contribution is 0.305. The second-order valence-corrected chi connectivity index (χ2v) is 5.18. The van der Waals surface area contributed by atoms with Gasteiger partial charge in [-0.25, -0.2) is 14.4 Å². The maximum atomic E-state index is 13.2. The Hall–Kier alpha value is -3.46. The van der Waals surface area contributed by atoms with Crippen LogP contribution < -0.4 is 9.47 Å². The van der Waals surface area contributed by atoms with Gasteiger partial charge < -0.3 is 9.47 Å². The highest BCUT2D eigenvalue weighted by Crippen LogP contribution is 2.30. The van der Waals surface area contributed by atoms with Crippen molar-refractivity contribution >= 4 is 0 Å². The fraction of sp³-hybridized carbons (Fsp3) is 0.105. The van der Waals surface area contributed by atoms with Crippen molar-refractivity contribution < 1.29 is 13.9 Å². The second-order valence-electron chi connectivity index (χ2n) is 5.18. The summed E-state index contributed by atoms with van der Waals surface area (Å²) >= 11 is 0. The van der Waals surface area contributed by atoms with E-state index in [4.69, 9.17) is 14.7 Å². The highest BCUT2D eigenvalue weighted by atomic mass is 19.1. The minimum atomic E-state index is -0.329. The monoisotopic (exact) mass is 335 g/mol. The molecule has 124 valence electrons. The van der Waals surface area contributed by atoms with Crippen LogP contribution in [0.15, 0.2) is 54.9 Å². The number of pyridine rings is 2. The van der Waals surface area contributed by atoms with Gasteiger partial charge in [-0.15, -0.1) is 0 Å². The summed E-state index contributed by atoms with van der Waals surface area (Å²) in [6.45, 7) is 0.277. The van der Waals surface area contributed by atoms with Crippen LogP contribution in [0.5, 0.6) is 11.6 Å². The Bertz CT molecular complexity index is 903. The molecule has 6 heteroatoms. The Labute approximate surface area is 144 Å². The van der Waals surface area contributed by atoms with E-state index in [-0.39, 0.29) is 18.1 Å². The molecule has 0 fully saturated rings. The Morgan fingerprint density at radius 2 is 1.88 bits per heavy atom. The number of rotatable bonds is 5. The molecule has 2 aromatic heterocycles.